The summed E-state index contributed by atoms with van der Waals surface area (Å²) in [5, 5.41) is 21.1. The van der Waals surface area contributed by atoms with Gasteiger partial charge in [-0.25, -0.2) is 4.68 Å². The summed E-state index contributed by atoms with van der Waals surface area (Å²) in [6.07, 6.45) is 2.34. The minimum Gasteiger partial charge on any atom is -0.324 e. The Bertz CT molecular complexity index is 585. The molecule has 0 saturated heterocycles. The van der Waals surface area contributed by atoms with Gasteiger partial charge >= 0.3 is 0 Å². The first kappa shape index (κ1) is 13.5. The predicted octanol–water partition coefficient (Wildman–Crippen LogP) is 0.931. The van der Waals surface area contributed by atoms with E-state index in [0.717, 1.165) is 16.8 Å². The maximum atomic E-state index is 5.70. The third-order valence-electron chi connectivity index (χ3n) is 3.22. The smallest absolute Gasteiger partial charge is 0.191 e. The molecule has 0 aromatic carbocycles. The fourth-order valence-electron chi connectivity index (χ4n) is 2.10. The van der Waals surface area contributed by atoms with E-state index in [1.54, 1.807) is 11.8 Å². The van der Waals surface area contributed by atoms with Crippen LogP contribution in [-0.4, -0.2) is 35.0 Å². The van der Waals surface area contributed by atoms with Crippen LogP contribution in [0.25, 0.3) is 0 Å². The summed E-state index contributed by atoms with van der Waals surface area (Å²) >= 11 is 1.60. The van der Waals surface area contributed by atoms with Crippen molar-refractivity contribution in [2.75, 3.05) is 0 Å². The Morgan fingerprint density at radius 2 is 2.05 bits per heavy atom. The number of nitrogens with two attached hydrogens (primary N) is 1. The van der Waals surface area contributed by atoms with E-state index in [2.05, 4.69) is 44.1 Å². The molecule has 0 aliphatic heterocycles. The third kappa shape index (κ3) is 2.55. The summed E-state index contributed by atoms with van der Waals surface area (Å²) in [7, 11) is 0. The van der Waals surface area contributed by atoms with Crippen molar-refractivity contribution in [1.29, 1.82) is 0 Å². The van der Waals surface area contributed by atoms with Gasteiger partial charge in [0.25, 0.3) is 0 Å². The molecule has 0 bridgehead atoms. The Hall–Kier alpha value is -1.48. The van der Waals surface area contributed by atoms with E-state index in [1.807, 2.05) is 4.68 Å². The second-order valence-electron chi connectivity index (χ2n) is 5.13. The van der Waals surface area contributed by atoms with Gasteiger partial charge in [-0.15, -0.1) is 15.3 Å². The molecule has 20 heavy (non-hydrogen) atoms. The number of nitrogens with zero attached hydrogens (tertiary/aromatic N) is 7. The molecular weight excluding hydrogens is 276 g/mol. The van der Waals surface area contributed by atoms with Crippen molar-refractivity contribution in [3.63, 3.8) is 0 Å². The van der Waals surface area contributed by atoms with Gasteiger partial charge in [0, 0.05) is 6.04 Å². The summed E-state index contributed by atoms with van der Waals surface area (Å²) in [5.74, 6) is 2.40. The molecule has 0 unspecified atom stereocenters. The van der Waals surface area contributed by atoms with Crippen LogP contribution >= 0.6 is 11.8 Å². The first-order valence-corrected chi connectivity index (χ1v) is 7.72. The summed E-state index contributed by atoms with van der Waals surface area (Å²) in [6.45, 7) is 4.59. The first-order chi connectivity index (χ1) is 9.70. The molecule has 108 valence electrons. The lowest BCUT2D eigenvalue weighted by atomic mass is 10.4. The first-order valence-electron chi connectivity index (χ1n) is 6.74. The highest BCUT2D eigenvalue weighted by atomic mass is 32.2. The summed E-state index contributed by atoms with van der Waals surface area (Å²) in [5.41, 5.74) is 5.70. The molecule has 2 aromatic rings. The predicted molar refractivity (Wildman–Crippen MR) is 73.9 cm³/mol. The molecule has 0 atom stereocenters. The van der Waals surface area contributed by atoms with E-state index in [4.69, 9.17) is 5.73 Å². The lowest BCUT2D eigenvalue weighted by Gasteiger charge is -2.12. The van der Waals surface area contributed by atoms with Crippen molar-refractivity contribution >= 4 is 11.8 Å². The van der Waals surface area contributed by atoms with Crippen LogP contribution < -0.4 is 5.73 Å². The second-order valence-corrected chi connectivity index (χ2v) is 6.07. The lowest BCUT2D eigenvalue weighted by Crippen LogP contribution is -2.11. The van der Waals surface area contributed by atoms with Crippen molar-refractivity contribution in [2.45, 2.75) is 56.2 Å². The molecule has 8 nitrogen and oxygen atoms in total. The maximum absolute atomic E-state index is 5.70. The van der Waals surface area contributed by atoms with E-state index in [0.29, 0.717) is 18.3 Å². The quantitative estimate of drug-likeness (QED) is 0.791. The van der Waals surface area contributed by atoms with Crippen LogP contribution in [0.5, 0.6) is 0 Å². The molecule has 1 fully saturated rings. The SMILES string of the molecule is CC(C)n1c(CN)nnc1SCc1nnnn1C1CC1. The van der Waals surface area contributed by atoms with Crippen LogP contribution in [0.1, 0.15) is 50.4 Å². The molecule has 0 spiro atoms. The number of hydrogen-bond acceptors (Lipinski definition) is 7. The Morgan fingerprint density at radius 1 is 1.25 bits per heavy atom. The molecule has 2 heterocycles. The van der Waals surface area contributed by atoms with Crippen molar-refractivity contribution in [2.24, 2.45) is 5.73 Å². The number of thioether (sulfide) groups is 1. The molecule has 1 aliphatic rings. The molecular formula is C11H18N8S. The van der Waals surface area contributed by atoms with E-state index >= 15 is 0 Å². The Balaban J connectivity index is 1.74. The summed E-state index contributed by atoms with van der Waals surface area (Å²) in [6, 6.07) is 0.772. The standard InChI is InChI=1S/C11H18N8S/c1-7(2)18-9(5-12)13-15-11(18)20-6-10-14-16-17-19(10)8-3-4-8/h7-8H,3-6,12H2,1-2H3. The zero-order valence-electron chi connectivity index (χ0n) is 11.6. The van der Waals surface area contributed by atoms with Crippen molar-refractivity contribution in [3.05, 3.63) is 11.6 Å². The number of rotatable bonds is 6. The highest BCUT2D eigenvalue weighted by Gasteiger charge is 2.28. The van der Waals surface area contributed by atoms with Gasteiger partial charge in [-0.1, -0.05) is 11.8 Å². The summed E-state index contributed by atoms with van der Waals surface area (Å²) < 4.78 is 3.99. The van der Waals surface area contributed by atoms with Crippen molar-refractivity contribution in [3.8, 4) is 0 Å². The van der Waals surface area contributed by atoms with Crippen molar-refractivity contribution < 1.29 is 0 Å². The van der Waals surface area contributed by atoms with Gasteiger partial charge in [-0.2, -0.15) is 0 Å². The van der Waals surface area contributed by atoms with Gasteiger partial charge in [0.05, 0.1) is 18.3 Å². The molecule has 1 aliphatic carbocycles. The van der Waals surface area contributed by atoms with Crippen LogP contribution in [-0.2, 0) is 12.3 Å². The van der Waals surface area contributed by atoms with Crippen LogP contribution in [0.15, 0.2) is 5.16 Å². The van der Waals surface area contributed by atoms with E-state index in [-0.39, 0.29) is 6.04 Å². The molecule has 0 radical (unpaired) electrons. The van der Waals surface area contributed by atoms with Gasteiger partial charge in [0.15, 0.2) is 11.0 Å². The van der Waals surface area contributed by atoms with Gasteiger partial charge in [0.2, 0.25) is 0 Å². The van der Waals surface area contributed by atoms with Gasteiger partial charge in [-0.05, 0) is 37.1 Å². The molecule has 2 N–H and O–H groups in total. The number of tetrazole rings is 1. The second kappa shape index (κ2) is 5.49. The Morgan fingerprint density at radius 3 is 2.70 bits per heavy atom. The lowest BCUT2D eigenvalue weighted by molar-refractivity contribution is 0.525. The number of aromatic nitrogens is 7. The molecule has 0 amide bonds. The largest absolute Gasteiger partial charge is 0.324 e. The highest BCUT2D eigenvalue weighted by Crippen LogP contribution is 2.35. The zero-order chi connectivity index (χ0) is 14.1. The van der Waals surface area contributed by atoms with E-state index in [9.17, 15) is 0 Å². The topological polar surface area (TPSA) is 100 Å². The van der Waals surface area contributed by atoms with Crippen LogP contribution in [0, 0.1) is 0 Å². The fourth-order valence-corrected chi connectivity index (χ4v) is 3.10. The Kier molecular flexibility index (Phi) is 3.70. The highest BCUT2D eigenvalue weighted by molar-refractivity contribution is 7.98. The van der Waals surface area contributed by atoms with Crippen LogP contribution in [0.2, 0.25) is 0 Å². The van der Waals surface area contributed by atoms with E-state index in [1.165, 1.54) is 12.8 Å². The van der Waals surface area contributed by atoms with Gasteiger partial charge < -0.3 is 10.3 Å². The van der Waals surface area contributed by atoms with Gasteiger partial charge in [0.1, 0.15) is 5.82 Å². The van der Waals surface area contributed by atoms with Crippen LogP contribution in [0.4, 0.5) is 0 Å². The van der Waals surface area contributed by atoms with E-state index < -0.39 is 0 Å². The molecule has 2 aromatic heterocycles. The fraction of sp³-hybridized carbons (Fsp3) is 0.727. The molecule has 3 rings (SSSR count). The molecule has 9 heteroatoms. The third-order valence-corrected chi connectivity index (χ3v) is 4.16. The zero-order valence-corrected chi connectivity index (χ0v) is 12.4. The minimum absolute atomic E-state index is 0.283. The van der Waals surface area contributed by atoms with Crippen LogP contribution in [0.3, 0.4) is 0 Å². The normalized spacial score (nSPS) is 15.2. The Labute approximate surface area is 121 Å². The maximum Gasteiger partial charge on any atom is 0.191 e. The average molecular weight is 294 g/mol. The minimum atomic E-state index is 0.283. The van der Waals surface area contributed by atoms with Crippen molar-refractivity contribution in [1.82, 2.24) is 35.0 Å². The summed E-state index contributed by atoms with van der Waals surface area (Å²) in [4.78, 5) is 0. The average Bonchev–Trinajstić information content (AvgIpc) is 3.02. The monoisotopic (exact) mass is 294 g/mol. The molecule has 1 saturated carbocycles. The van der Waals surface area contributed by atoms with Gasteiger partial charge in [-0.3, -0.25) is 0 Å². The number of hydrogen-bond donors (Lipinski definition) is 1.